The van der Waals surface area contributed by atoms with E-state index in [2.05, 4.69) is 15.3 Å². The molecule has 1 aromatic heterocycles. The highest BCUT2D eigenvalue weighted by atomic mass is 19.4. The Bertz CT molecular complexity index is 1140. The first-order valence-corrected chi connectivity index (χ1v) is 12.8. The van der Waals surface area contributed by atoms with Gasteiger partial charge < -0.3 is 15.0 Å². The van der Waals surface area contributed by atoms with Crippen molar-refractivity contribution in [3.63, 3.8) is 0 Å². The SMILES string of the molecule is FC(F)(F)c1cnc(N(c2ccccc2)C2CCCC2)nc1Nc1cccc(OC2CCCCC2)c1. The van der Waals surface area contributed by atoms with Crippen LogP contribution in [0, 0.1) is 0 Å². The van der Waals surface area contributed by atoms with Gasteiger partial charge in [-0.05, 0) is 62.8 Å². The number of nitrogens with one attached hydrogen (secondary N) is 1. The zero-order valence-corrected chi connectivity index (χ0v) is 20.2. The van der Waals surface area contributed by atoms with E-state index in [1.54, 1.807) is 18.2 Å². The highest BCUT2D eigenvalue weighted by molar-refractivity contribution is 5.65. The van der Waals surface area contributed by atoms with Crippen molar-refractivity contribution in [3.8, 4) is 5.75 Å². The van der Waals surface area contributed by atoms with Crippen molar-refractivity contribution in [2.45, 2.75) is 76.1 Å². The van der Waals surface area contributed by atoms with Crippen LogP contribution < -0.4 is 15.0 Å². The average Bonchev–Trinajstić information content (AvgIpc) is 3.40. The maximum absolute atomic E-state index is 13.9. The van der Waals surface area contributed by atoms with E-state index in [0.717, 1.165) is 63.3 Å². The second-order valence-corrected chi connectivity index (χ2v) is 9.60. The average molecular weight is 497 g/mol. The van der Waals surface area contributed by atoms with Crippen molar-refractivity contribution >= 4 is 23.1 Å². The standard InChI is InChI=1S/C28H31F3N4O/c29-28(30,31)25-19-32-27(35(22-13-7-8-14-22)21-11-3-1-4-12-21)34-26(25)33-20-10-9-17-24(18-20)36-23-15-5-2-6-16-23/h1,3-4,9-12,17-19,22-23H,2,5-8,13-16H2,(H,32,33,34). The van der Waals surface area contributed by atoms with Crippen LogP contribution in [0.25, 0.3) is 0 Å². The van der Waals surface area contributed by atoms with Gasteiger partial charge in [0.15, 0.2) is 0 Å². The lowest BCUT2D eigenvalue weighted by Gasteiger charge is -2.30. The molecule has 2 aromatic carbocycles. The molecule has 0 saturated heterocycles. The van der Waals surface area contributed by atoms with Crippen LogP contribution in [0.3, 0.4) is 0 Å². The summed E-state index contributed by atoms with van der Waals surface area (Å²) >= 11 is 0. The van der Waals surface area contributed by atoms with E-state index in [-0.39, 0.29) is 23.9 Å². The largest absolute Gasteiger partial charge is 0.490 e. The quantitative estimate of drug-likeness (QED) is 0.359. The first-order valence-electron chi connectivity index (χ1n) is 12.8. The van der Waals surface area contributed by atoms with Gasteiger partial charge in [-0.3, -0.25) is 0 Å². The van der Waals surface area contributed by atoms with E-state index in [1.165, 1.54) is 6.42 Å². The molecule has 8 heteroatoms. The molecular weight excluding hydrogens is 465 g/mol. The molecule has 0 unspecified atom stereocenters. The third kappa shape index (κ3) is 5.74. The molecule has 0 aliphatic heterocycles. The highest BCUT2D eigenvalue weighted by Crippen LogP contribution is 2.39. The third-order valence-corrected chi connectivity index (χ3v) is 6.97. The summed E-state index contributed by atoms with van der Waals surface area (Å²) in [4.78, 5) is 10.6. The zero-order chi connectivity index (χ0) is 25.0. The molecule has 2 aliphatic rings. The summed E-state index contributed by atoms with van der Waals surface area (Å²) in [6, 6.07) is 16.9. The van der Waals surface area contributed by atoms with E-state index < -0.39 is 11.7 Å². The molecule has 2 saturated carbocycles. The van der Waals surface area contributed by atoms with Gasteiger partial charge in [-0.2, -0.15) is 18.2 Å². The first-order chi connectivity index (χ1) is 17.5. The van der Waals surface area contributed by atoms with Gasteiger partial charge in [-0.1, -0.05) is 43.5 Å². The van der Waals surface area contributed by atoms with E-state index >= 15 is 0 Å². The predicted octanol–water partition coefficient (Wildman–Crippen LogP) is 8.03. The lowest BCUT2D eigenvalue weighted by Crippen LogP contribution is -2.30. The Hall–Kier alpha value is -3.29. The summed E-state index contributed by atoms with van der Waals surface area (Å²) in [6.45, 7) is 0. The highest BCUT2D eigenvalue weighted by Gasteiger charge is 2.36. The molecular formula is C28H31F3N4O. The minimum atomic E-state index is -4.60. The van der Waals surface area contributed by atoms with Crippen LogP contribution in [0.1, 0.15) is 63.4 Å². The van der Waals surface area contributed by atoms with E-state index in [4.69, 9.17) is 4.74 Å². The van der Waals surface area contributed by atoms with Crippen LogP contribution in [0.15, 0.2) is 60.8 Å². The number of halogens is 3. The topological polar surface area (TPSA) is 50.3 Å². The van der Waals surface area contributed by atoms with Crippen molar-refractivity contribution in [1.29, 1.82) is 0 Å². The number of hydrogen-bond donors (Lipinski definition) is 1. The summed E-state index contributed by atoms with van der Waals surface area (Å²) < 4.78 is 47.9. The number of para-hydroxylation sites is 1. The molecule has 1 heterocycles. The number of benzene rings is 2. The van der Waals surface area contributed by atoms with Gasteiger partial charge in [0.25, 0.3) is 0 Å². The zero-order valence-electron chi connectivity index (χ0n) is 20.2. The van der Waals surface area contributed by atoms with Crippen molar-refractivity contribution in [3.05, 3.63) is 66.4 Å². The van der Waals surface area contributed by atoms with Crippen LogP contribution in [-0.2, 0) is 6.18 Å². The van der Waals surface area contributed by atoms with Gasteiger partial charge in [0.05, 0.1) is 6.10 Å². The number of ether oxygens (including phenoxy) is 1. The maximum atomic E-state index is 13.9. The summed E-state index contributed by atoms with van der Waals surface area (Å²) in [7, 11) is 0. The first kappa shape index (κ1) is 24.4. The molecule has 0 atom stereocenters. The minimum absolute atomic E-state index is 0.143. The fourth-order valence-corrected chi connectivity index (χ4v) is 5.19. The van der Waals surface area contributed by atoms with Crippen molar-refractivity contribution in [1.82, 2.24) is 9.97 Å². The van der Waals surface area contributed by atoms with Crippen LogP contribution in [-0.4, -0.2) is 22.1 Å². The number of rotatable bonds is 7. The molecule has 1 N–H and O–H groups in total. The Labute approximate surface area is 209 Å². The van der Waals surface area contributed by atoms with Gasteiger partial charge in [-0.25, -0.2) is 4.98 Å². The van der Waals surface area contributed by atoms with E-state index in [9.17, 15) is 13.2 Å². The molecule has 5 nitrogen and oxygen atoms in total. The smallest absolute Gasteiger partial charge is 0.421 e. The van der Waals surface area contributed by atoms with Gasteiger partial charge in [0, 0.05) is 29.7 Å². The van der Waals surface area contributed by atoms with E-state index in [0.29, 0.717) is 11.4 Å². The van der Waals surface area contributed by atoms with Crippen molar-refractivity contribution in [2.24, 2.45) is 0 Å². The molecule has 190 valence electrons. The third-order valence-electron chi connectivity index (χ3n) is 6.97. The summed E-state index contributed by atoms with van der Waals surface area (Å²) in [5.74, 6) is 0.645. The van der Waals surface area contributed by atoms with Crippen molar-refractivity contribution in [2.75, 3.05) is 10.2 Å². The van der Waals surface area contributed by atoms with Gasteiger partial charge >= 0.3 is 6.18 Å². The van der Waals surface area contributed by atoms with E-state index in [1.807, 2.05) is 41.3 Å². The Morgan fingerprint density at radius 2 is 1.58 bits per heavy atom. The van der Waals surface area contributed by atoms with Gasteiger partial charge in [0.2, 0.25) is 5.95 Å². The number of alkyl halides is 3. The molecule has 0 radical (unpaired) electrons. The summed E-state index contributed by atoms with van der Waals surface area (Å²) in [5, 5.41) is 2.92. The lowest BCUT2D eigenvalue weighted by atomic mass is 9.98. The number of anilines is 4. The molecule has 2 aliphatic carbocycles. The molecule has 0 amide bonds. The van der Waals surface area contributed by atoms with Crippen LogP contribution in [0.4, 0.5) is 36.3 Å². The fourth-order valence-electron chi connectivity index (χ4n) is 5.19. The number of nitrogens with zero attached hydrogens (tertiary/aromatic N) is 3. The normalized spacial score (nSPS) is 17.2. The summed E-state index contributed by atoms with van der Waals surface area (Å²) in [5.41, 5.74) is 0.466. The summed E-state index contributed by atoms with van der Waals surface area (Å²) in [6.07, 6.45) is 5.99. The molecule has 5 rings (SSSR count). The Kier molecular flexibility index (Phi) is 7.30. The molecule has 0 bridgehead atoms. The van der Waals surface area contributed by atoms with Crippen LogP contribution in [0.5, 0.6) is 5.75 Å². The Balaban J connectivity index is 1.47. The Morgan fingerprint density at radius 1 is 0.861 bits per heavy atom. The minimum Gasteiger partial charge on any atom is -0.490 e. The fraction of sp³-hybridized carbons (Fsp3) is 0.429. The Morgan fingerprint density at radius 3 is 2.31 bits per heavy atom. The molecule has 3 aromatic rings. The molecule has 0 spiro atoms. The van der Waals surface area contributed by atoms with Gasteiger partial charge in [0.1, 0.15) is 17.1 Å². The monoisotopic (exact) mass is 496 g/mol. The van der Waals surface area contributed by atoms with Crippen LogP contribution in [0.2, 0.25) is 0 Å². The predicted molar refractivity (Wildman–Crippen MR) is 135 cm³/mol. The number of aromatic nitrogens is 2. The van der Waals surface area contributed by atoms with Crippen molar-refractivity contribution < 1.29 is 17.9 Å². The molecule has 2 fully saturated rings. The van der Waals surface area contributed by atoms with Gasteiger partial charge in [-0.15, -0.1) is 0 Å². The maximum Gasteiger partial charge on any atom is 0.421 e. The van der Waals surface area contributed by atoms with Crippen LogP contribution >= 0.6 is 0 Å². The number of hydrogen-bond acceptors (Lipinski definition) is 5. The second-order valence-electron chi connectivity index (χ2n) is 9.60. The molecule has 36 heavy (non-hydrogen) atoms. The second kappa shape index (κ2) is 10.8. The lowest BCUT2D eigenvalue weighted by molar-refractivity contribution is -0.137.